The van der Waals surface area contributed by atoms with E-state index in [0.29, 0.717) is 15.8 Å². The van der Waals surface area contributed by atoms with Crippen LogP contribution in [-0.4, -0.2) is 27.2 Å². The molecule has 1 aliphatic heterocycles. The first-order valence-corrected chi connectivity index (χ1v) is 6.43. The molecule has 0 spiro atoms. The van der Waals surface area contributed by atoms with Gasteiger partial charge in [0.05, 0.1) is 12.0 Å². The maximum Gasteiger partial charge on any atom is 0.259 e. The molecule has 1 aromatic heterocycles. The zero-order valence-corrected chi connectivity index (χ0v) is 11.1. The third-order valence-electron chi connectivity index (χ3n) is 1.62. The van der Waals surface area contributed by atoms with E-state index in [9.17, 15) is 4.79 Å². The summed E-state index contributed by atoms with van der Waals surface area (Å²) in [5.41, 5.74) is 0. The Hall–Kier alpha value is -0.410. The Bertz CT molecular complexity index is 428. The van der Waals surface area contributed by atoms with Gasteiger partial charge in [-0.3, -0.25) is 4.79 Å². The summed E-state index contributed by atoms with van der Waals surface area (Å²) in [6.45, 7) is 0. The zero-order valence-electron chi connectivity index (χ0n) is 7.34. The van der Waals surface area contributed by atoms with E-state index in [0.717, 1.165) is 3.77 Å². The average molecular weight is 352 g/mol. The highest BCUT2D eigenvalue weighted by Gasteiger charge is 2.25. The Labute approximate surface area is 109 Å². The van der Waals surface area contributed by atoms with Crippen molar-refractivity contribution in [3.8, 4) is 0 Å². The van der Waals surface area contributed by atoms with Crippen LogP contribution in [0.1, 0.15) is 5.76 Å². The SMILES string of the molecule is O=C1CSC(=S)N1/N=C\c1ccc(I)o1. The van der Waals surface area contributed by atoms with Crippen LogP contribution in [0.15, 0.2) is 21.7 Å². The molecule has 78 valence electrons. The molecule has 1 fully saturated rings. The van der Waals surface area contributed by atoms with Crippen LogP contribution in [0.2, 0.25) is 0 Å². The molecular weight excluding hydrogens is 347 g/mol. The molecule has 2 rings (SSSR count). The van der Waals surface area contributed by atoms with Crippen molar-refractivity contribution in [3.63, 3.8) is 0 Å². The minimum atomic E-state index is -0.0949. The van der Waals surface area contributed by atoms with Gasteiger partial charge in [-0.2, -0.15) is 10.1 Å². The largest absolute Gasteiger partial charge is 0.449 e. The number of furan rings is 1. The molecule has 0 saturated carbocycles. The molecule has 4 nitrogen and oxygen atoms in total. The van der Waals surface area contributed by atoms with Crippen molar-refractivity contribution >= 4 is 63.0 Å². The van der Waals surface area contributed by atoms with Crippen molar-refractivity contribution in [1.82, 2.24) is 5.01 Å². The van der Waals surface area contributed by atoms with E-state index in [-0.39, 0.29) is 5.91 Å². The summed E-state index contributed by atoms with van der Waals surface area (Å²) in [5.74, 6) is 0.876. The second kappa shape index (κ2) is 4.62. The minimum Gasteiger partial charge on any atom is -0.449 e. The van der Waals surface area contributed by atoms with Crippen LogP contribution in [0.4, 0.5) is 0 Å². The number of rotatable bonds is 2. The van der Waals surface area contributed by atoms with Gasteiger partial charge in [-0.25, -0.2) is 0 Å². The van der Waals surface area contributed by atoms with E-state index < -0.39 is 0 Å². The quantitative estimate of drug-likeness (QED) is 0.465. The maximum absolute atomic E-state index is 11.3. The van der Waals surface area contributed by atoms with Gasteiger partial charge < -0.3 is 4.42 Å². The molecule has 0 atom stereocenters. The monoisotopic (exact) mass is 352 g/mol. The van der Waals surface area contributed by atoms with E-state index >= 15 is 0 Å². The summed E-state index contributed by atoms with van der Waals surface area (Å²) in [4.78, 5) is 11.3. The van der Waals surface area contributed by atoms with E-state index in [2.05, 4.69) is 27.7 Å². The fourth-order valence-electron chi connectivity index (χ4n) is 0.971. The lowest BCUT2D eigenvalue weighted by Gasteiger charge is -2.05. The van der Waals surface area contributed by atoms with Crippen LogP contribution < -0.4 is 0 Å². The molecule has 2 heterocycles. The van der Waals surface area contributed by atoms with Crippen molar-refractivity contribution in [2.45, 2.75) is 0 Å². The van der Waals surface area contributed by atoms with Gasteiger partial charge in [-0.15, -0.1) is 0 Å². The van der Waals surface area contributed by atoms with E-state index in [1.54, 1.807) is 6.07 Å². The first-order chi connectivity index (χ1) is 7.16. The van der Waals surface area contributed by atoms with Gasteiger partial charge in [-0.1, -0.05) is 24.0 Å². The second-order valence-corrected chi connectivity index (χ2v) is 5.32. The predicted molar refractivity (Wildman–Crippen MR) is 70.9 cm³/mol. The third kappa shape index (κ3) is 2.58. The summed E-state index contributed by atoms with van der Waals surface area (Å²) in [7, 11) is 0. The highest BCUT2D eigenvalue weighted by Crippen LogP contribution is 2.19. The Morgan fingerprint density at radius 3 is 3.00 bits per heavy atom. The lowest BCUT2D eigenvalue weighted by atomic mass is 10.5. The number of thiocarbonyl (C=S) groups is 1. The molecule has 0 radical (unpaired) electrons. The van der Waals surface area contributed by atoms with Crippen molar-refractivity contribution in [2.24, 2.45) is 5.10 Å². The lowest BCUT2D eigenvalue weighted by molar-refractivity contribution is -0.123. The van der Waals surface area contributed by atoms with E-state index in [1.165, 1.54) is 23.0 Å². The first kappa shape index (κ1) is 11.1. The van der Waals surface area contributed by atoms with E-state index in [1.807, 2.05) is 6.07 Å². The minimum absolute atomic E-state index is 0.0949. The number of hydrogen-bond donors (Lipinski definition) is 0. The lowest BCUT2D eigenvalue weighted by Crippen LogP contribution is -2.22. The van der Waals surface area contributed by atoms with Crippen molar-refractivity contribution in [3.05, 3.63) is 21.7 Å². The Kier molecular flexibility index (Phi) is 3.42. The average Bonchev–Trinajstić information content (AvgIpc) is 2.73. The molecular formula is C8H5IN2O2S2. The standard InChI is InChI=1S/C8H5IN2O2S2/c9-6-2-1-5(13-6)3-10-11-7(12)4-15-8(11)14/h1-3H,4H2/b10-3-. The van der Waals surface area contributed by atoms with Crippen molar-refractivity contribution in [1.29, 1.82) is 0 Å². The van der Waals surface area contributed by atoms with Gasteiger partial charge in [0.1, 0.15) is 5.76 Å². The molecule has 7 heteroatoms. The molecule has 1 amide bonds. The van der Waals surface area contributed by atoms with Crippen LogP contribution in [0, 0.1) is 3.77 Å². The van der Waals surface area contributed by atoms with Gasteiger partial charge >= 0.3 is 0 Å². The number of amides is 1. The third-order valence-corrected chi connectivity index (χ3v) is 3.54. The maximum atomic E-state index is 11.3. The molecule has 0 aromatic carbocycles. The molecule has 0 N–H and O–H groups in total. The summed E-state index contributed by atoms with van der Waals surface area (Å²) < 4.78 is 6.52. The Morgan fingerprint density at radius 2 is 2.47 bits per heavy atom. The normalized spacial score (nSPS) is 17.0. The molecule has 0 bridgehead atoms. The topological polar surface area (TPSA) is 45.8 Å². The zero-order chi connectivity index (χ0) is 10.8. The number of hydrazone groups is 1. The number of hydrogen-bond acceptors (Lipinski definition) is 5. The van der Waals surface area contributed by atoms with Crippen LogP contribution >= 0.6 is 46.6 Å². The van der Waals surface area contributed by atoms with Crippen LogP contribution in [0.3, 0.4) is 0 Å². The van der Waals surface area contributed by atoms with Crippen LogP contribution in [0.5, 0.6) is 0 Å². The van der Waals surface area contributed by atoms with Crippen molar-refractivity contribution in [2.75, 3.05) is 5.75 Å². The second-order valence-electron chi connectivity index (χ2n) is 2.65. The van der Waals surface area contributed by atoms with Crippen LogP contribution in [-0.2, 0) is 4.79 Å². The molecule has 0 unspecified atom stereocenters. The number of carbonyl (C=O) groups is 1. The number of carbonyl (C=O) groups excluding carboxylic acids is 1. The van der Waals surface area contributed by atoms with Gasteiger partial charge in [0.25, 0.3) is 5.91 Å². The van der Waals surface area contributed by atoms with E-state index in [4.69, 9.17) is 16.6 Å². The molecule has 1 aromatic rings. The highest BCUT2D eigenvalue weighted by atomic mass is 127. The highest BCUT2D eigenvalue weighted by molar-refractivity contribution is 14.1. The summed E-state index contributed by atoms with van der Waals surface area (Å²) in [5, 5.41) is 5.19. The van der Waals surface area contributed by atoms with Gasteiger partial charge in [0.15, 0.2) is 8.09 Å². The van der Waals surface area contributed by atoms with Crippen LogP contribution in [0.25, 0.3) is 0 Å². The summed E-state index contributed by atoms with van der Waals surface area (Å²) in [6.07, 6.45) is 1.48. The fourth-order valence-corrected chi connectivity index (χ4v) is 2.37. The Morgan fingerprint density at radius 1 is 1.67 bits per heavy atom. The number of halogens is 1. The summed E-state index contributed by atoms with van der Waals surface area (Å²) in [6, 6.07) is 3.60. The Balaban J connectivity index is 2.11. The molecule has 1 saturated heterocycles. The molecule has 15 heavy (non-hydrogen) atoms. The molecule has 0 aliphatic carbocycles. The van der Waals surface area contributed by atoms with Gasteiger partial charge in [-0.05, 0) is 34.7 Å². The number of thioether (sulfide) groups is 1. The van der Waals surface area contributed by atoms with Gasteiger partial charge in [0.2, 0.25) is 0 Å². The van der Waals surface area contributed by atoms with Crippen molar-refractivity contribution < 1.29 is 9.21 Å². The smallest absolute Gasteiger partial charge is 0.259 e. The predicted octanol–water partition coefficient (Wildman–Crippen LogP) is 2.08. The molecule has 1 aliphatic rings. The van der Waals surface area contributed by atoms with Gasteiger partial charge in [0, 0.05) is 0 Å². The fraction of sp³-hybridized carbons (Fsp3) is 0.125. The first-order valence-electron chi connectivity index (χ1n) is 3.96. The number of nitrogens with zero attached hydrogens (tertiary/aromatic N) is 2. The summed E-state index contributed by atoms with van der Waals surface area (Å²) >= 11 is 8.33.